The number of rotatable bonds is 4. The summed E-state index contributed by atoms with van der Waals surface area (Å²) in [4.78, 5) is 9.78. The number of thiazole rings is 1. The van der Waals surface area contributed by atoms with Gasteiger partial charge in [0.1, 0.15) is 0 Å². The zero-order valence-electron chi connectivity index (χ0n) is 10.7. The molecule has 3 nitrogen and oxygen atoms in total. The van der Waals surface area contributed by atoms with Crippen molar-refractivity contribution < 1.29 is 0 Å². The van der Waals surface area contributed by atoms with E-state index in [2.05, 4.69) is 40.4 Å². The van der Waals surface area contributed by atoms with Gasteiger partial charge in [-0.15, -0.1) is 11.3 Å². The van der Waals surface area contributed by atoms with Gasteiger partial charge in [0.05, 0.1) is 11.6 Å². The average Bonchev–Trinajstić information content (AvgIpc) is 2.98. The van der Waals surface area contributed by atoms with E-state index in [9.17, 15) is 0 Å². The van der Waals surface area contributed by atoms with Crippen LogP contribution in [-0.2, 0) is 0 Å². The predicted octanol–water partition coefficient (Wildman–Crippen LogP) is 3.39. The molecule has 1 unspecified atom stereocenters. The SMILES string of the molecule is CCNC(c1cncs1)c1cncc2ccccc12. The van der Waals surface area contributed by atoms with Gasteiger partial charge in [-0.3, -0.25) is 9.97 Å². The zero-order valence-corrected chi connectivity index (χ0v) is 11.5. The first kappa shape index (κ1) is 12.3. The Kier molecular flexibility index (Phi) is 3.53. The van der Waals surface area contributed by atoms with Crippen LogP contribution < -0.4 is 5.32 Å². The van der Waals surface area contributed by atoms with E-state index in [0.29, 0.717) is 0 Å². The van der Waals surface area contributed by atoms with Gasteiger partial charge in [-0.1, -0.05) is 31.2 Å². The van der Waals surface area contributed by atoms with E-state index in [0.717, 1.165) is 6.54 Å². The highest BCUT2D eigenvalue weighted by Gasteiger charge is 2.17. The van der Waals surface area contributed by atoms with Gasteiger partial charge in [-0.2, -0.15) is 0 Å². The Labute approximate surface area is 116 Å². The average molecular weight is 269 g/mol. The van der Waals surface area contributed by atoms with Crippen molar-refractivity contribution in [3.8, 4) is 0 Å². The minimum Gasteiger partial charge on any atom is -0.306 e. The fourth-order valence-electron chi connectivity index (χ4n) is 2.31. The third kappa shape index (κ3) is 2.37. The van der Waals surface area contributed by atoms with Gasteiger partial charge in [0.2, 0.25) is 0 Å². The van der Waals surface area contributed by atoms with Gasteiger partial charge in [-0.25, -0.2) is 0 Å². The number of nitrogens with one attached hydrogen (secondary N) is 1. The molecular formula is C15H15N3S. The largest absolute Gasteiger partial charge is 0.306 e. The monoisotopic (exact) mass is 269 g/mol. The van der Waals surface area contributed by atoms with Gasteiger partial charge in [0.25, 0.3) is 0 Å². The Morgan fingerprint density at radius 2 is 2.05 bits per heavy atom. The van der Waals surface area contributed by atoms with Crippen LogP contribution >= 0.6 is 11.3 Å². The fourth-order valence-corrected chi connectivity index (χ4v) is 3.02. The van der Waals surface area contributed by atoms with Crippen molar-refractivity contribution >= 4 is 22.1 Å². The van der Waals surface area contributed by atoms with E-state index in [4.69, 9.17) is 0 Å². The predicted molar refractivity (Wildman–Crippen MR) is 79.4 cm³/mol. The number of hydrogen-bond acceptors (Lipinski definition) is 4. The minimum absolute atomic E-state index is 0.163. The summed E-state index contributed by atoms with van der Waals surface area (Å²) in [5.41, 5.74) is 3.09. The van der Waals surface area contributed by atoms with Crippen LogP contribution in [0.15, 0.2) is 48.4 Å². The Bertz CT molecular complexity index is 659. The number of pyridine rings is 1. The molecule has 4 heteroatoms. The second-order valence-electron chi connectivity index (χ2n) is 4.34. The van der Waals surface area contributed by atoms with E-state index in [1.165, 1.54) is 21.2 Å². The Hall–Kier alpha value is -1.78. The standard InChI is InChI=1S/C15H15N3S/c1-2-18-15(14-9-17-10-19-14)13-8-16-7-11-5-3-4-6-12(11)13/h3-10,15,18H,2H2,1H3. The topological polar surface area (TPSA) is 37.8 Å². The molecule has 0 amide bonds. The summed E-state index contributed by atoms with van der Waals surface area (Å²) >= 11 is 1.67. The third-order valence-electron chi connectivity index (χ3n) is 3.15. The van der Waals surface area contributed by atoms with E-state index in [-0.39, 0.29) is 6.04 Å². The maximum atomic E-state index is 4.37. The lowest BCUT2D eigenvalue weighted by Gasteiger charge is -2.18. The third-order valence-corrected chi connectivity index (χ3v) is 3.99. The first-order valence-electron chi connectivity index (χ1n) is 6.34. The molecule has 3 aromatic rings. The minimum atomic E-state index is 0.163. The van der Waals surface area contributed by atoms with Crippen molar-refractivity contribution in [2.75, 3.05) is 6.54 Å². The molecule has 0 aliphatic carbocycles. The van der Waals surface area contributed by atoms with Gasteiger partial charge < -0.3 is 5.32 Å². The van der Waals surface area contributed by atoms with Gasteiger partial charge in [0.15, 0.2) is 0 Å². The molecule has 0 saturated carbocycles. The summed E-state index contributed by atoms with van der Waals surface area (Å²) in [5, 5.41) is 5.94. The number of benzene rings is 1. The van der Waals surface area contributed by atoms with Crippen molar-refractivity contribution in [2.45, 2.75) is 13.0 Å². The van der Waals surface area contributed by atoms with Crippen LogP contribution in [0.25, 0.3) is 10.8 Å². The van der Waals surface area contributed by atoms with Crippen molar-refractivity contribution in [3.05, 3.63) is 58.8 Å². The first-order valence-corrected chi connectivity index (χ1v) is 7.22. The van der Waals surface area contributed by atoms with E-state index >= 15 is 0 Å². The quantitative estimate of drug-likeness (QED) is 0.789. The first-order chi connectivity index (χ1) is 9.40. The van der Waals surface area contributed by atoms with Gasteiger partial charge in [-0.05, 0) is 11.9 Å². The van der Waals surface area contributed by atoms with Gasteiger partial charge >= 0.3 is 0 Å². The molecule has 0 radical (unpaired) electrons. The molecule has 0 fully saturated rings. The van der Waals surface area contributed by atoms with Crippen LogP contribution in [0.1, 0.15) is 23.4 Å². The number of hydrogen-bond donors (Lipinski definition) is 1. The number of fused-ring (bicyclic) bond motifs is 1. The van der Waals surface area contributed by atoms with Crippen LogP contribution in [0.4, 0.5) is 0 Å². The van der Waals surface area contributed by atoms with Crippen LogP contribution in [-0.4, -0.2) is 16.5 Å². The van der Waals surface area contributed by atoms with Crippen LogP contribution in [0.3, 0.4) is 0 Å². The molecule has 1 atom stereocenters. The van der Waals surface area contributed by atoms with Crippen LogP contribution in [0, 0.1) is 0 Å². The second-order valence-corrected chi connectivity index (χ2v) is 5.26. The van der Waals surface area contributed by atoms with Crippen LogP contribution in [0.2, 0.25) is 0 Å². The Morgan fingerprint density at radius 1 is 1.16 bits per heavy atom. The highest BCUT2D eigenvalue weighted by molar-refractivity contribution is 7.09. The lowest BCUT2D eigenvalue weighted by atomic mass is 10.0. The van der Waals surface area contributed by atoms with Crippen LogP contribution in [0.5, 0.6) is 0 Å². The molecule has 2 aromatic heterocycles. The summed E-state index contributed by atoms with van der Waals surface area (Å²) in [7, 11) is 0. The van der Waals surface area contributed by atoms with Crippen molar-refractivity contribution in [3.63, 3.8) is 0 Å². The molecule has 0 aliphatic heterocycles. The molecule has 0 spiro atoms. The lowest BCUT2D eigenvalue weighted by molar-refractivity contribution is 0.640. The van der Waals surface area contributed by atoms with Crippen molar-refractivity contribution in [2.24, 2.45) is 0 Å². The zero-order chi connectivity index (χ0) is 13.1. The lowest BCUT2D eigenvalue weighted by Crippen LogP contribution is -2.21. The Balaban J connectivity index is 2.15. The van der Waals surface area contributed by atoms with Crippen molar-refractivity contribution in [1.29, 1.82) is 0 Å². The fraction of sp³-hybridized carbons (Fsp3) is 0.200. The summed E-state index contributed by atoms with van der Waals surface area (Å²) < 4.78 is 0. The normalized spacial score (nSPS) is 12.7. The van der Waals surface area contributed by atoms with E-state index < -0.39 is 0 Å². The number of aromatic nitrogens is 2. The highest BCUT2D eigenvalue weighted by atomic mass is 32.1. The number of nitrogens with zero attached hydrogens (tertiary/aromatic N) is 2. The van der Waals surface area contributed by atoms with E-state index in [1.807, 2.05) is 30.2 Å². The maximum Gasteiger partial charge on any atom is 0.0794 e. The molecule has 0 aliphatic rings. The molecular weight excluding hydrogens is 254 g/mol. The van der Waals surface area contributed by atoms with Gasteiger partial charge in [0, 0.05) is 34.4 Å². The smallest absolute Gasteiger partial charge is 0.0794 e. The maximum absolute atomic E-state index is 4.37. The molecule has 96 valence electrons. The molecule has 2 heterocycles. The van der Waals surface area contributed by atoms with Crippen molar-refractivity contribution in [1.82, 2.24) is 15.3 Å². The summed E-state index contributed by atoms with van der Waals surface area (Å²) in [6.45, 7) is 3.03. The molecule has 3 rings (SSSR count). The molecule has 19 heavy (non-hydrogen) atoms. The molecule has 1 aromatic carbocycles. The van der Waals surface area contributed by atoms with E-state index in [1.54, 1.807) is 11.3 Å². The molecule has 0 saturated heterocycles. The summed E-state index contributed by atoms with van der Waals surface area (Å²) in [6.07, 6.45) is 5.80. The Morgan fingerprint density at radius 3 is 2.84 bits per heavy atom. The molecule has 0 bridgehead atoms. The molecule has 1 N–H and O–H groups in total. The summed E-state index contributed by atoms with van der Waals surface area (Å²) in [5.74, 6) is 0. The highest BCUT2D eigenvalue weighted by Crippen LogP contribution is 2.29. The summed E-state index contributed by atoms with van der Waals surface area (Å²) in [6, 6.07) is 8.53. The second kappa shape index (κ2) is 5.47.